The number of allylic oxidation sites excluding steroid dienone is 1. The minimum absolute atomic E-state index is 0.204. The van der Waals surface area contributed by atoms with E-state index in [-0.39, 0.29) is 5.78 Å². The van der Waals surface area contributed by atoms with Crippen LogP contribution in [0.15, 0.2) is 36.1 Å². The van der Waals surface area contributed by atoms with Gasteiger partial charge in [0.15, 0.2) is 5.78 Å². The van der Waals surface area contributed by atoms with E-state index in [2.05, 4.69) is 30.1 Å². The van der Waals surface area contributed by atoms with Crippen LogP contribution < -0.4 is 0 Å². The summed E-state index contributed by atoms with van der Waals surface area (Å²) >= 11 is 0. The molecule has 2 aromatic rings. The van der Waals surface area contributed by atoms with Gasteiger partial charge in [0.2, 0.25) is 0 Å². The molecule has 0 atom stereocenters. The predicted molar refractivity (Wildman–Crippen MR) is 64.2 cm³/mol. The highest BCUT2D eigenvalue weighted by Gasteiger charge is 2.12. The Labute approximate surface area is 89.5 Å². The summed E-state index contributed by atoms with van der Waals surface area (Å²) in [6.07, 6.45) is 4.14. The third-order valence-electron chi connectivity index (χ3n) is 2.73. The number of fused-ring (bicyclic) bond motifs is 3. The first-order valence-electron chi connectivity index (χ1n) is 4.92. The van der Waals surface area contributed by atoms with Crippen molar-refractivity contribution in [2.45, 2.75) is 6.42 Å². The molecule has 72 valence electrons. The van der Waals surface area contributed by atoms with E-state index in [1.807, 2.05) is 6.08 Å². The van der Waals surface area contributed by atoms with Gasteiger partial charge in [-0.25, -0.2) is 0 Å². The van der Waals surface area contributed by atoms with E-state index >= 15 is 0 Å². The van der Waals surface area contributed by atoms with Crippen molar-refractivity contribution in [2.75, 3.05) is 0 Å². The normalized spacial score (nSPS) is 14.8. The van der Waals surface area contributed by atoms with E-state index in [4.69, 9.17) is 0 Å². The summed E-state index contributed by atoms with van der Waals surface area (Å²) in [6, 6.07) is 8.43. The van der Waals surface area contributed by atoms with Crippen LogP contribution in [0.1, 0.15) is 11.1 Å². The smallest absolute Gasteiger partial charge is 0.160 e. The van der Waals surface area contributed by atoms with E-state index in [1.165, 1.54) is 29.8 Å². The Bertz CT molecular complexity index is 584. The van der Waals surface area contributed by atoms with Crippen LogP contribution in [0.25, 0.3) is 16.6 Å². The van der Waals surface area contributed by atoms with Crippen molar-refractivity contribution >= 4 is 30.6 Å². The van der Waals surface area contributed by atoms with Crippen LogP contribution in [0.2, 0.25) is 0 Å². The monoisotopic (exact) mass is 212 g/mol. The molecule has 0 aliphatic heterocycles. The van der Waals surface area contributed by atoms with Crippen molar-refractivity contribution in [3.8, 4) is 0 Å². The van der Waals surface area contributed by atoms with Gasteiger partial charge in [-0.3, -0.25) is 4.79 Å². The van der Waals surface area contributed by atoms with Crippen molar-refractivity contribution in [3.63, 3.8) is 0 Å². The number of ketones is 1. The summed E-state index contributed by atoms with van der Waals surface area (Å²) in [6.45, 7) is 0. The minimum Gasteiger partial charge on any atom is -0.294 e. The molecule has 1 aliphatic rings. The Morgan fingerprint density at radius 2 is 2.07 bits per heavy atom. The second-order valence-corrected chi connectivity index (χ2v) is 4.72. The molecule has 15 heavy (non-hydrogen) atoms. The highest BCUT2D eigenvalue weighted by molar-refractivity contribution is 7.35. The molecule has 0 fully saturated rings. The van der Waals surface area contributed by atoms with Gasteiger partial charge in [0.1, 0.15) is 0 Å². The van der Waals surface area contributed by atoms with E-state index < -0.39 is 0 Å². The molecule has 0 saturated carbocycles. The molecule has 0 spiro atoms. The topological polar surface area (TPSA) is 17.1 Å². The van der Waals surface area contributed by atoms with Crippen molar-refractivity contribution in [2.24, 2.45) is 0 Å². The van der Waals surface area contributed by atoms with Gasteiger partial charge in [0, 0.05) is 11.5 Å². The highest BCUT2D eigenvalue weighted by atomic mass is 31.0. The number of carbonyl (C=O) groups is 1. The number of benzene rings is 1. The molecule has 2 heteroatoms. The molecular formula is C13H9OP. The van der Waals surface area contributed by atoms with Crippen molar-refractivity contribution in [1.82, 2.24) is 0 Å². The first-order chi connectivity index (χ1) is 7.34. The quantitative estimate of drug-likeness (QED) is 0.652. The lowest BCUT2D eigenvalue weighted by atomic mass is 9.94. The second-order valence-electron chi connectivity index (χ2n) is 3.68. The van der Waals surface area contributed by atoms with Crippen molar-refractivity contribution < 1.29 is 4.79 Å². The van der Waals surface area contributed by atoms with Gasteiger partial charge in [-0.2, -0.15) is 0 Å². The standard InChI is InChI=1S/C13H9OP/c14-10-5-3-9-4-6-13-11(12(9)8-10)2-1-7-15-13/h1-7H,8H2. The lowest BCUT2D eigenvalue weighted by Gasteiger charge is -2.12. The summed E-state index contributed by atoms with van der Waals surface area (Å²) in [5.41, 5.74) is 2.38. The number of rotatable bonds is 0. The Morgan fingerprint density at radius 1 is 1.13 bits per heavy atom. The Balaban J connectivity index is 2.38. The zero-order valence-electron chi connectivity index (χ0n) is 8.10. The summed E-state index contributed by atoms with van der Waals surface area (Å²) in [7, 11) is 1.23. The number of hydrogen-bond donors (Lipinski definition) is 0. The van der Waals surface area contributed by atoms with Crippen LogP contribution in [0.3, 0.4) is 0 Å². The average Bonchev–Trinajstić information content (AvgIpc) is 2.29. The van der Waals surface area contributed by atoms with Gasteiger partial charge < -0.3 is 0 Å². The van der Waals surface area contributed by atoms with Crippen LogP contribution in [0, 0.1) is 0 Å². The molecule has 1 aromatic heterocycles. The van der Waals surface area contributed by atoms with Crippen LogP contribution in [-0.4, -0.2) is 5.78 Å². The minimum atomic E-state index is 0.204. The summed E-state index contributed by atoms with van der Waals surface area (Å²) in [5.74, 6) is 2.32. The second kappa shape index (κ2) is 3.29. The maximum absolute atomic E-state index is 11.4. The Hall–Kier alpha value is -1.46. The Morgan fingerprint density at radius 3 is 3.00 bits per heavy atom. The van der Waals surface area contributed by atoms with Crippen LogP contribution >= 0.6 is 8.19 Å². The molecule has 0 N–H and O–H groups in total. The fraction of sp³-hybridized carbons (Fsp3) is 0.0769. The first kappa shape index (κ1) is 8.82. The van der Waals surface area contributed by atoms with Gasteiger partial charge in [-0.1, -0.05) is 32.5 Å². The van der Waals surface area contributed by atoms with Gasteiger partial charge in [-0.15, -0.1) is 0 Å². The highest BCUT2D eigenvalue weighted by Crippen LogP contribution is 2.30. The van der Waals surface area contributed by atoms with Crippen molar-refractivity contribution in [1.29, 1.82) is 0 Å². The number of hydrogen-bond acceptors (Lipinski definition) is 1. The lowest BCUT2D eigenvalue weighted by molar-refractivity contribution is -0.114. The fourth-order valence-corrected chi connectivity index (χ4v) is 2.84. The molecule has 0 saturated heterocycles. The lowest BCUT2D eigenvalue weighted by Crippen LogP contribution is -2.05. The molecule has 1 nitrogen and oxygen atoms in total. The first-order valence-corrected chi connectivity index (χ1v) is 5.88. The van der Waals surface area contributed by atoms with E-state index in [0.717, 1.165) is 0 Å². The van der Waals surface area contributed by atoms with Gasteiger partial charge in [-0.05, 0) is 34.5 Å². The molecule has 0 bridgehead atoms. The summed E-state index contributed by atoms with van der Waals surface area (Å²) < 4.78 is 0. The summed E-state index contributed by atoms with van der Waals surface area (Å²) in [5, 5.41) is 2.55. The zero-order chi connectivity index (χ0) is 10.3. The number of carbonyl (C=O) groups excluding carboxylic acids is 1. The molecule has 0 unspecified atom stereocenters. The maximum atomic E-state index is 11.4. The molecule has 0 amide bonds. The van der Waals surface area contributed by atoms with Crippen LogP contribution in [0.5, 0.6) is 0 Å². The Kier molecular flexibility index (Phi) is 1.93. The summed E-state index contributed by atoms with van der Waals surface area (Å²) in [4.78, 5) is 11.4. The molecule has 3 rings (SSSR count). The molecule has 1 aliphatic carbocycles. The third kappa shape index (κ3) is 1.40. The predicted octanol–water partition coefficient (Wildman–Crippen LogP) is 3.56. The van der Waals surface area contributed by atoms with E-state index in [9.17, 15) is 4.79 Å². The molecular weight excluding hydrogens is 203 g/mol. The van der Waals surface area contributed by atoms with Gasteiger partial charge in [0.25, 0.3) is 0 Å². The molecule has 1 aromatic carbocycles. The zero-order valence-corrected chi connectivity index (χ0v) is 9.00. The van der Waals surface area contributed by atoms with Crippen molar-refractivity contribution in [3.05, 3.63) is 47.3 Å². The fourth-order valence-electron chi connectivity index (χ4n) is 2.00. The molecule has 0 radical (unpaired) electrons. The van der Waals surface area contributed by atoms with Crippen LogP contribution in [0.4, 0.5) is 0 Å². The SMILES string of the molecule is O=C1C=Cc2ccc3pcccc3c2C1. The molecule has 1 heterocycles. The van der Waals surface area contributed by atoms with Crippen LogP contribution in [-0.2, 0) is 11.2 Å². The van der Waals surface area contributed by atoms with E-state index in [0.29, 0.717) is 6.42 Å². The maximum Gasteiger partial charge on any atom is 0.160 e. The van der Waals surface area contributed by atoms with Gasteiger partial charge in [0.05, 0.1) is 0 Å². The largest absolute Gasteiger partial charge is 0.294 e. The average molecular weight is 212 g/mol. The third-order valence-corrected chi connectivity index (χ3v) is 3.72. The van der Waals surface area contributed by atoms with Gasteiger partial charge >= 0.3 is 0 Å². The van der Waals surface area contributed by atoms with E-state index in [1.54, 1.807) is 6.08 Å².